The van der Waals surface area contributed by atoms with Crippen molar-refractivity contribution in [2.75, 3.05) is 19.5 Å². The number of nitrogens with zero attached hydrogens (tertiary/aromatic N) is 1. The fraction of sp³-hybridized carbons (Fsp3) is 0.133. The maximum Gasteiger partial charge on any atom is 0.144 e. The molecule has 0 aliphatic heterocycles. The van der Waals surface area contributed by atoms with E-state index in [0.29, 0.717) is 33.5 Å². The number of methoxy groups -OCH3 is 2. The van der Waals surface area contributed by atoms with Gasteiger partial charge in [0, 0.05) is 16.6 Å². The second-order valence-corrected chi connectivity index (χ2v) is 5.44. The molecule has 0 bridgehead atoms. The van der Waals surface area contributed by atoms with Gasteiger partial charge in [-0.2, -0.15) is 5.26 Å². The van der Waals surface area contributed by atoms with Gasteiger partial charge in [0.15, 0.2) is 0 Å². The summed E-state index contributed by atoms with van der Waals surface area (Å²) < 4.78 is 11.3. The third kappa shape index (κ3) is 3.41. The predicted octanol–water partition coefficient (Wildman–Crippen LogP) is 4.73. The van der Waals surface area contributed by atoms with E-state index < -0.39 is 0 Å². The summed E-state index contributed by atoms with van der Waals surface area (Å²) >= 11 is 9.41. The molecule has 0 fully saturated rings. The minimum absolute atomic E-state index is 0.455. The minimum atomic E-state index is 0.455. The third-order valence-corrected chi connectivity index (χ3v) is 3.63. The Kier molecular flexibility index (Phi) is 4.94. The van der Waals surface area contributed by atoms with E-state index in [1.807, 2.05) is 12.1 Å². The molecule has 0 atom stereocenters. The molecule has 1 N–H and O–H groups in total. The standard InChI is InChI=1S/C15H12BrClN2O2/c1-20-14-7-13(15(21-2)6-11(14)17)19-12-4-3-10(16)5-9(12)8-18/h3-7,19H,1-2H3. The van der Waals surface area contributed by atoms with Crippen molar-refractivity contribution in [1.29, 1.82) is 5.26 Å². The van der Waals surface area contributed by atoms with Crippen LogP contribution in [0.5, 0.6) is 11.5 Å². The lowest BCUT2D eigenvalue weighted by molar-refractivity contribution is 0.405. The van der Waals surface area contributed by atoms with Crippen LogP contribution in [-0.2, 0) is 0 Å². The summed E-state index contributed by atoms with van der Waals surface area (Å²) in [6.07, 6.45) is 0. The smallest absolute Gasteiger partial charge is 0.144 e. The van der Waals surface area contributed by atoms with Gasteiger partial charge in [-0.25, -0.2) is 0 Å². The highest BCUT2D eigenvalue weighted by Crippen LogP contribution is 2.38. The van der Waals surface area contributed by atoms with Crippen molar-refractivity contribution in [2.24, 2.45) is 0 Å². The summed E-state index contributed by atoms with van der Waals surface area (Å²) in [4.78, 5) is 0. The molecule has 0 aliphatic rings. The van der Waals surface area contributed by atoms with E-state index in [2.05, 4.69) is 27.3 Å². The van der Waals surface area contributed by atoms with E-state index in [1.165, 1.54) is 7.11 Å². The van der Waals surface area contributed by atoms with Crippen LogP contribution in [0.3, 0.4) is 0 Å². The Morgan fingerprint density at radius 1 is 1.10 bits per heavy atom. The molecule has 0 saturated heterocycles. The van der Waals surface area contributed by atoms with E-state index in [9.17, 15) is 5.26 Å². The number of ether oxygens (including phenoxy) is 2. The highest BCUT2D eigenvalue weighted by atomic mass is 79.9. The molecule has 0 saturated carbocycles. The third-order valence-electron chi connectivity index (χ3n) is 2.85. The second kappa shape index (κ2) is 6.70. The molecule has 6 heteroatoms. The summed E-state index contributed by atoms with van der Waals surface area (Å²) in [6.45, 7) is 0. The van der Waals surface area contributed by atoms with Crippen molar-refractivity contribution in [3.8, 4) is 17.6 Å². The van der Waals surface area contributed by atoms with Gasteiger partial charge in [0.1, 0.15) is 17.6 Å². The first-order valence-corrected chi connectivity index (χ1v) is 7.14. The van der Waals surface area contributed by atoms with E-state index in [0.717, 1.165) is 4.47 Å². The van der Waals surface area contributed by atoms with Crippen molar-refractivity contribution in [3.63, 3.8) is 0 Å². The fourth-order valence-corrected chi connectivity index (χ4v) is 2.41. The zero-order valence-corrected chi connectivity index (χ0v) is 13.7. The van der Waals surface area contributed by atoms with Gasteiger partial charge >= 0.3 is 0 Å². The number of hydrogen-bond donors (Lipinski definition) is 1. The Hall–Kier alpha value is -1.90. The van der Waals surface area contributed by atoms with Gasteiger partial charge in [-0.05, 0) is 18.2 Å². The Bertz CT molecular complexity index is 714. The largest absolute Gasteiger partial charge is 0.495 e. The average molecular weight is 368 g/mol. The van der Waals surface area contributed by atoms with Crippen molar-refractivity contribution >= 4 is 38.9 Å². The molecule has 0 heterocycles. The van der Waals surface area contributed by atoms with Crippen LogP contribution in [0.4, 0.5) is 11.4 Å². The number of benzene rings is 2. The molecule has 2 rings (SSSR count). The maximum atomic E-state index is 9.20. The highest BCUT2D eigenvalue weighted by molar-refractivity contribution is 9.10. The maximum absolute atomic E-state index is 9.20. The molecule has 2 aromatic carbocycles. The van der Waals surface area contributed by atoms with Crippen molar-refractivity contribution < 1.29 is 9.47 Å². The Labute approximate surface area is 136 Å². The Balaban J connectivity index is 2.46. The monoisotopic (exact) mass is 366 g/mol. The number of anilines is 2. The van der Waals surface area contributed by atoms with Crippen LogP contribution < -0.4 is 14.8 Å². The summed E-state index contributed by atoms with van der Waals surface area (Å²) in [6, 6.07) is 10.9. The van der Waals surface area contributed by atoms with Crippen LogP contribution in [0.25, 0.3) is 0 Å². The summed E-state index contributed by atoms with van der Waals surface area (Å²) in [7, 11) is 3.09. The first kappa shape index (κ1) is 15.5. The van der Waals surface area contributed by atoms with E-state index in [1.54, 1.807) is 25.3 Å². The van der Waals surface area contributed by atoms with E-state index >= 15 is 0 Å². The molecule has 21 heavy (non-hydrogen) atoms. The summed E-state index contributed by atoms with van der Waals surface area (Å²) in [5.41, 5.74) is 1.85. The topological polar surface area (TPSA) is 54.3 Å². The number of hydrogen-bond acceptors (Lipinski definition) is 4. The molecule has 0 aliphatic carbocycles. The minimum Gasteiger partial charge on any atom is -0.495 e. The van der Waals surface area contributed by atoms with Crippen LogP contribution in [0.2, 0.25) is 5.02 Å². The zero-order valence-electron chi connectivity index (χ0n) is 11.4. The molecule has 0 spiro atoms. The predicted molar refractivity (Wildman–Crippen MR) is 86.7 cm³/mol. The number of nitriles is 1. The van der Waals surface area contributed by atoms with Crippen LogP contribution in [-0.4, -0.2) is 14.2 Å². The number of rotatable bonds is 4. The first-order valence-electron chi connectivity index (χ1n) is 5.97. The van der Waals surface area contributed by atoms with Gasteiger partial charge in [-0.1, -0.05) is 27.5 Å². The Morgan fingerprint density at radius 3 is 2.43 bits per heavy atom. The normalized spacial score (nSPS) is 9.86. The van der Waals surface area contributed by atoms with Crippen LogP contribution in [0.1, 0.15) is 5.56 Å². The van der Waals surface area contributed by atoms with E-state index in [4.69, 9.17) is 21.1 Å². The summed E-state index contributed by atoms with van der Waals surface area (Å²) in [5, 5.41) is 12.8. The average Bonchev–Trinajstić information content (AvgIpc) is 2.50. The Morgan fingerprint density at radius 2 is 1.81 bits per heavy atom. The van der Waals surface area contributed by atoms with Crippen molar-refractivity contribution in [2.45, 2.75) is 0 Å². The molecular weight excluding hydrogens is 356 g/mol. The van der Waals surface area contributed by atoms with Gasteiger partial charge in [0.05, 0.1) is 36.2 Å². The molecule has 0 radical (unpaired) electrons. The SMILES string of the molecule is COc1cc(Nc2ccc(Br)cc2C#N)c(OC)cc1Cl. The molecule has 0 unspecified atom stereocenters. The van der Waals surface area contributed by atoms with Crippen LogP contribution in [0, 0.1) is 11.3 Å². The fourth-order valence-electron chi connectivity index (χ4n) is 1.82. The van der Waals surface area contributed by atoms with Gasteiger partial charge in [-0.15, -0.1) is 0 Å². The lowest BCUT2D eigenvalue weighted by atomic mass is 10.2. The molecule has 0 aromatic heterocycles. The van der Waals surface area contributed by atoms with Crippen LogP contribution in [0.15, 0.2) is 34.8 Å². The lowest BCUT2D eigenvalue weighted by Gasteiger charge is -2.14. The summed E-state index contributed by atoms with van der Waals surface area (Å²) in [5.74, 6) is 1.09. The number of halogens is 2. The molecule has 4 nitrogen and oxygen atoms in total. The quantitative estimate of drug-likeness (QED) is 0.848. The zero-order chi connectivity index (χ0) is 15.4. The van der Waals surface area contributed by atoms with Crippen LogP contribution >= 0.6 is 27.5 Å². The molecule has 108 valence electrons. The lowest BCUT2D eigenvalue weighted by Crippen LogP contribution is -1.98. The number of nitrogens with one attached hydrogen (secondary N) is 1. The second-order valence-electron chi connectivity index (χ2n) is 4.11. The van der Waals surface area contributed by atoms with Gasteiger partial charge < -0.3 is 14.8 Å². The van der Waals surface area contributed by atoms with Gasteiger partial charge in [0.2, 0.25) is 0 Å². The molecular formula is C15H12BrClN2O2. The van der Waals surface area contributed by atoms with Gasteiger partial charge in [-0.3, -0.25) is 0 Å². The van der Waals surface area contributed by atoms with Crippen molar-refractivity contribution in [1.82, 2.24) is 0 Å². The van der Waals surface area contributed by atoms with Crippen molar-refractivity contribution in [3.05, 3.63) is 45.4 Å². The molecule has 2 aromatic rings. The van der Waals surface area contributed by atoms with E-state index in [-0.39, 0.29) is 0 Å². The van der Waals surface area contributed by atoms with Gasteiger partial charge in [0.25, 0.3) is 0 Å². The molecule has 0 amide bonds. The highest BCUT2D eigenvalue weighted by Gasteiger charge is 2.12. The first-order chi connectivity index (χ1) is 10.1.